The Morgan fingerprint density at radius 2 is 1.59 bits per heavy atom. The number of carbonyl (C=O) groups is 2. The number of anilines is 1. The van der Waals surface area contributed by atoms with Crippen LogP contribution in [0.3, 0.4) is 0 Å². The van der Waals surface area contributed by atoms with E-state index in [1.54, 1.807) is 12.1 Å². The summed E-state index contributed by atoms with van der Waals surface area (Å²) in [7, 11) is 0. The molecule has 0 bridgehead atoms. The highest BCUT2D eigenvalue weighted by molar-refractivity contribution is 6.10. The number of hydrogen-bond donors (Lipinski definition) is 3. The zero-order chi connectivity index (χ0) is 36.9. The van der Waals surface area contributed by atoms with Gasteiger partial charge in [-0.15, -0.1) is 0 Å². The summed E-state index contributed by atoms with van der Waals surface area (Å²) < 4.78 is 23.2. The second-order valence-electron chi connectivity index (χ2n) is 13.2. The third-order valence-corrected chi connectivity index (χ3v) is 8.85. The van der Waals surface area contributed by atoms with Crippen molar-refractivity contribution in [3.8, 4) is 28.0 Å². The fourth-order valence-corrected chi connectivity index (χ4v) is 6.35. The molecule has 4 N–H and O–H groups in total. The zero-order valence-corrected chi connectivity index (χ0v) is 31.2. The molecule has 0 radical (unpaired) electrons. The summed E-state index contributed by atoms with van der Waals surface area (Å²) in [5, 5.41) is 7.40. The molecule has 274 valence electrons. The predicted octanol–water partition coefficient (Wildman–Crippen LogP) is 8.12. The number of nitrogens with zero attached hydrogens (tertiary/aromatic N) is 1. The molecule has 0 saturated heterocycles. The molecule has 0 saturated carbocycles. The lowest BCUT2D eigenvalue weighted by Crippen LogP contribution is -2.21. The third kappa shape index (κ3) is 10.6. The highest BCUT2D eigenvalue weighted by Crippen LogP contribution is 2.40. The van der Waals surface area contributed by atoms with Gasteiger partial charge in [0.1, 0.15) is 11.5 Å². The number of carbonyl (C=O) groups excluding carboxylic acids is 2. The number of Topliss-reactive ketones (excluding diaryl/α,β-unsaturated/α-hetero) is 2. The van der Waals surface area contributed by atoms with Crippen LogP contribution in [0.25, 0.3) is 22.3 Å². The molecular weight excluding hydrogens is 644 g/mol. The first-order valence-corrected chi connectivity index (χ1v) is 17.8. The molecule has 0 fully saturated rings. The van der Waals surface area contributed by atoms with Crippen LogP contribution in [-0.2, 0) is 16.0 Å². The van der Waals surface area contributed by atoms with Crippen LogP contribution in [0, 0.1) is 20.8 Å². The third-order valence-electron chi connectivity index (χ3n) is 8.85. The average Bonchev–Trinajstić information content (AvgIpc) is 3.44. The van der Waals surface area contributed by atoms with Crippen LogP contribution in [0.5, 0.6) is 5.75 Å². The van der Waals surface area contributed by atoms with Crippen LogP contribution in [0.2, 0.25) is 0 Å². The van der Waals surface area contributed by atoms with Gasteiger partial charge in [-0.3, -0.25) is 20.9 Å². The normalized spacial score (nSPS) is 11.3. The maximum atomic E-state index is 12.1. The molecule has 51 heavy (non-hydrogen) atoms. The summed E-state index contributed by atoms with van der Waals surface area (Å²) in [4.78, 5) is 24.0. The van der Waals surface area contributed by atoms with Crippen molar-refractivity contribution in [1.29, 1.82) is 0 Å². The van der Waals surface area contributed by atoms with Gasteiger partial charge in [0.2, 0.25) is 0 Å². The van der Waals surface area contributed by atoms with Gasteiger partial charge in [-0.25, -0.2) is 0 Å². The second kappa shape index (κ2) is 19.3. The Bertz CT molecular complexity index is 1760. The van der Waals surface area contributed by atoms with E-state index in [1.807, 2.05) is 26.0 Å². The summed E-state index contributed by atoms with van der Waals surface area (Å²) in [6.45, 7) is 17.4. The minimum absolute atomic E-state index is 0.128. The van der Waals surface area contributed by atoms with Crippen molar-refractivity contribution in [1.82, 2.24) is 10.6 Å². The maximum absolute atomic E-state index is 12.1. The first kappa shape index (κ1) is 39.4. The number of hydrogen-bond acceptors (Lipinski definition) is 10. The molecule has 0 spiro atoms. The summed E-state index contributed by atoms with van der Waals surface area (Å²) in [5.74, 6) is 7.53. The molecule has 0 amide bonds. The summed E-state index contributed by atoms with van der Waals surface area (Å²) in [6, 6.07) is 16.0. The van der Waals surface area contributed by atoms with Crippen molar-refractivity contribution >= 4 is 17.3 Å². The standard InChI is InChI=1S/C41H54N4O6/c1-26(2)36-23-32(39-28(4)45-51-31(39)7)22-33(25-44-42)41(36)37-24-34(15-14-27(37)3)50-20-9-8-17-48-18-11-19-49-21-16-43-38-13-10-12-35(29(5)46)40(38)30(6)47/h10,12-15,22-24,26,43-44H,8-9,11,16-21,25,42H2,1-7H3. The molecule has 0 unspecified atom stereocenters. The van der Waals surface area contributed by atoms with Crippen LogP contribution in [0.1, 0.15) is 102 Å². The van der Waals surface area contributed by atoms with Gasteiger partial charge in [0.15, 0.2) is 11.6 Å². The lowest BCUT2D eigenvalue weighted by molar-refractivity contribution is 0.0836. The molecular formula is C41H54N4O6. The van der Waals surface area contributed by atoms with Gasteiger partial charge < -0.3 is 24.1 Å². The highest BCUT2D eigenvalue weighted by Gasteiger charge is 2.21. The van der Waals surface area contributed by atoms with Gasteiger partial charge >= 0.3 is 0 Å². The van der Waals surface area contributed by atoms with Crippen LogP contribution < -0.4 is 21.3 Å². The molecule has 4 aromatic rings. The van der Waals surface area contributed by atoms with E-state index in [0.717, 1.165) is 58.7 Å². The van der Waals surface area contributed by atoms with E-state index >= 15 is 0 Å². The van der Waals surface area contributed by atoms with E-state index in [-0.39, 0.29) is 17.5 Å². The van der Waals surface area contributed by atoms with Crippen molar-refractivity contribution in [3.63, 3.8) is 0 Å². The number of aromatic nitrogens is 1. The number of ketones is 2. The lowest BCUT2D eigenvalue weighted by Gasteiger charge is -2.22. The van der Waals surface area contributed by atoms with Gasteiger partial charge in [-0.2, -0.15) is 0 Å². The molecule has 3 aromatic carbocycles. The molecule has 1 heterocycles. The summed E-state index contributed by atoms with van der Waals surface area (Å²) >= 11 is 0. The number of unbranched alkanes of at least 4 members (excludes halogenated alkanes) is 1. The number of ether oxygens (including phenoxy) is 3. The fraction of sp³-hybridized carbons (Fsp3) is 0.439. The van der Waals surface area contributed by atoms with Gasteiger partial charge in [0.05, 0.1) is 24.5 Å². The van der Waals surface area contributed by atoms with Crippen molar-refractivity contribution in [3.05, 3.63) is 87.8 Å². The number of nitrogens with one attached hydrogen (secondary N) is 2. The molecule has 10 heteroatoms. The van der Waals surface area contributed by atoms with E-state index in [1.165, 1.54) is 30.5 Å². The van der Waals surface area contributed by atoms with Gasteiger partial charge in [-0.1, -0.05) is 43.3 Å². The first-order chi connectivity index (χ1) is 24.5. The second-order valence-corrected chi connectivity index (χ2v) is 13.2. The lowest BCUT2D eigenvalue weighted by atomic mass is 9.84. The number of benzene rings is 3. The maximum Gasteiger partial charge on any atom is 0.162 e. The Morgan fingerprint density at radius 3 is 2.25 bits per heavy atom. The first-order valence-electron chi connectivity index (χ1n) is 17.8. The highest BCUT2D eigenvalue weighted by atomic mass is 16.5. The molecule has 0 aliphatic rings. The van der Waals surface area contributed by atoms with Crippen LogP contribution in [0.4, 0.5) is 5.69 Å². The molecule has 0 atom stereocenters. The molecule has 1 aromatic heterocycles. The number of hydrazine groups is 1. The molecule has 4 rings (SSSR count). The number of rotatable bonds is 21. The minimum atomic E-state index is -0.139. The Hall–Kier alpha value is -4.35. The largest absolute Gasteiger partial charge is 0.494 e. The van der Waals surface area contributed by atoms with Crippen molar-refractivity contribution < 1.29 is 28.3 Å². The van der Waals surface area contributed by atoms with E-state index in [4.69, 9.17) is 24.6 Å². The predicted molar refractivity (Wildman–Crippen MR) is 203 cm³/mol. The summed E-state index contributed by atoms with van der Waals surface area (Å²) in [5.41, 5.74) is 13.2. The zero-order valence-electron chi connectivity index (χ0n) is 31.2. The Kier molecular flexibility index (Phi) is 14.9. The van der Waals surface area contributed by atoms with E-state index < -0.39 is 0 Å². The average molecular weight is 699 g/mol. The Labute approximate surface area is 302 Å². The molecule has 10 nitrogen and oxygen atoms in total. The Morgan fingerprint density at radius 1 is 0.863 bits per heavy atom. The quantitative estimate of drug-likeness (QED) is 0.0339. The van der Waals surface area contributed by atoms with Gasteiger partial charge in [0.25, 0.3) is 0 Å². The van der Waals surface area contributed by atoms with Crippen molar-refractivity contribution in [2.24, 2.45) is 5.84 Å². The SMILES string of the molecule is CC(=O)c1cccc(NCCOCCCOCCCCOc2ccc(C)c(-c3c(CNN)cc(-c4c(C)noc4C)cc3C(C)C)c2)c1C(C)=O. The smallest absolute Gasteiger partial charge is 0.162 e. The van der Waals surface area contributed by atoms with E-state index in [9.17, 15) is 9.59 Å². The minimum Gasteiger partial charge on any atom is -0.494 e. The Balaban J connectivity index is 1.21. The van der Waals surface area contributed by atoms with E-state index in [2.05, 4.69) is 60.9 Å². The fourth-order valence-electron chi connectivity index (χ4n) is 6.35. The monoisotopic (exact) mass is 698 g/mol. The number of nitrogens with two attached hydrogens (primary N) is 1. The van der Waals surface area contributed by atoms with Crippen molar-refractivity contribution in [2.75, 3.05) is 44.9 Å². The summed E-state index contributed by atoms with van der Waals surface area (Å²) in [6.07, 6.45) is 2.57. The van der Waals surface area contributed by atoms with Crippen LogP contribution >= 0.6 is 0 Å². The molecule has 0 aliphatic carbocycles. The van der Waals surface area contributed by atoms with Crippen LogP contribution in [0.15, 0.2) is 53.1 Å². The van der Waals surface area contributed by atoms with Crippen LogP contribution in [-0.4, -0.2) is 56.3 Å². The molecule has 0 aliphatic heterocycles. The van der Waals surface area contributed by atoms with Gasteiger partial charge in [-0.05, 0) is 117 Å². The number of aryl methyl sites for hydroxylation is 3. The topological polar surface area (TPSA) is 138 Å². The van der Waals surface area contributed by atoms with Gasteiger partial charge in [0, 0.05) is 49.7 Å². The van der Waals surface area contributed by atoms with Crippen molar-refractivity contribution in [2.45, 2.75) is 80.2 Å². The van der Waals surface area contributed by atoms with E-state index in [0.29, 0.717) is 62.9 Å².